The van der Waals surface area contributed by atoms with Crippen LogP contribution in [0.2, 0.25) is 5.02 Å². The lowest BCUT2D eigenvalue weighted by atomic mass is 9.93. The van der Waals surface area contributed by atoms with Crippen LogP contribution in [0.15, 0.2) is 78.0 Å². The summed E-state index contributed by atoms with van der Waals surface area (Å²) in [5.41, 5.74) is 4.45. The summed E-state index contributed by atoms with van der Waals surface area (Å²) in [4.78, 5) is 18.5. The fourth-order valence-corrected chi connectivity index (χ4v) is 4.45. The molecule has 3 aromatic carbocycles. The number of fused-ring (bicyclic) bond motifs is 3. The summed E-state index contributed by atoms with van der Waals surface area (Å²) in [6.07, 6.45) is 0. The van der Waals surface area contributed by atoms with E-state index in [9.17, 15) is 4.79 Å². The molecule has 5 rings (SSSR count). The Morgan fingerprint density at radius 1 is 1.06 bits per heavy atom. The van der Waals surface area contributed by atoms with Gasteiger partial charge in [-0.15, -0.1) is 0 Å². The standard InChI is InChI=1S/C26H23ClN4O3/c1-15-23(25(32)29-17-10-8-16(27)9-11-17)24(19-13-12-18(33-2)14-22(19)34-3)31-21-7-5-4-6-20(21)30-26(31)28-15/h4-14,24H,1-3H3,(H,28,30)(H,29,32)/t24-/m0/s1. The largest absolute Gasteiger partial charge is 0.497 e. The average molecular weight is 475 g/mol. The number of anilines is 2. The fraction of sp³-hybridized carbons (Fsp3) is 0.154. The number of nitrogens with zero attached hydrogens (tertiary/aromatic N) is 2. The first-order valence-corrected chi connectivity index (χ1v) is 11.1. The molecule has 1 aliphatic heterocycles. The van der Waals surface area contributed by atoms with Crippen molar-refractivity contribution in [2.75, 3.05) is 24.9 Å². The Hall–Kier alpha value is -3.97. The van der Waals surface area contributed by atoms with Crippen molar-refractivity contribution < 1.29 is 14.3 Å². The molecule has 0 saturated carbocycles. The Labute approximate surface area is 202 Å². The van der Waals surface area contributed by atoms with Crippen LogP contribution in [0.1, 0.15) is 18.5 Å². The van der Waals surface area contributed by atoms with Crippen molar-refractivity contribution in [1.82, 2.24) is 9.55 Å². The van der Waals surface area contributed by atoms with Gasteiger partial charge in [-0.3, -0.25) is 9.36 Å². The molecule has 1 aromatic heterocycles. The molecule has 0 aliphatic carbocycles. The minimum atomic E-state index is -0.489. The van der Waals surface area contributed by atoms with E-state index in [4.69, 9.17) is 26.1 Å². The van der Waals surface area contributed by atoms with Gasteiger partial charge in [-0.05, 0) is 55.5 Å². The third kappa shape index (κ3) is 3.74. The molecule has 4 aromatic rings. The molecule has 0 spiro atoms. The molecule has 7 nitrogen and oxygen atoms in total. The number of amides is 1. The van der Waals surface area contributed by atoms with Crippen LogP contribution in [-0.4, -0.2) is 29.7 Å². The van der Waals surface area contributed by atoms with Gasteiger partial charge < -0.3 is 20.1 Å². The zero-order valence-electron chi connectivity index (χ0n) is 18.9. The van der Waals surface area contributed by atoms with E-state index in [-0.39, 0.29) is 5.91 Å². The smallest absolute Gasteiger partial charge is 0.255 e. The zero-order chi connectivity index (χ0) is 23.8. The second kappa shape index (κ2) is 8.76. The molecule has 1 aliphatic rings. The van der Waals surface area contributed by atoms with Crippen molar-refractivity contribution in [3.05, 3.63) is 88.6 Å². The highest BCUT2D eigenvalue weighted by Crippen LogP contribution is 2.43. The number of nitrogens with one attached hydrogen (secondary N) is 2. The van der Waals surface area contributed by atoms with Gasteiger partial charge in [0.2, 0.25) is 5.95 Å². The van der Waals surface area contributed by atoms with E-state index in [0.29, 0.717) is 39.4 Å². The highest BCUT2D eigenvalue weighted by molar-refractivity contribution is 6.30. The van der Waals surface area contributed by atoms with Crippen LogP contribution in [-0.2, 0) is 4.79 Å². The number of carbonyl (C=O) groups excluding carboxylic acids is 1. The van der Waals surface area contributed by atoms with Crippen molar-refractivity contribution in [1.29, 1.82) is 0 Å². The van der Waals surface area contributed by atoms with Gasteiger partial charge in [0.15, 0.2) is 0 Å². The van der Waals surface area contributed by atoms with Gasteiger partial charge in [0.05, 0.1) is 36.9 Å². The molecule has 34 heavy (non-hydrogen) atoms. The number of halogens is 1. The number of aromatic nitrogens is 2. The molecule has 1 amide bonds. The predicted molar refractivity (Wildman–Crippen MR) is 134 cm³/mol. The quantitative estimate of drug-likeness (QED) is 0.391. The number of para-hydroxylation sites is 2. The first kappa shape index (κ1) is 21.9. The second-order valence-corrected chi connectivity index (χ2v) is 8.37. The molecular formula is C26H23ClN4O3. The summed E-state index contributed by atoms with van der Waals surface area (Å²) in [6.45, 7) is 1.88. The molecule has 172 valence electrons. The number of hydrogen-bond acceptors (Lipinski definition) is 5. The zero-order valence-corrected chi connectivity index (χ0v) is 19.7. The molecule has 0 unspecified atom stereocenters. The molecular weight excluding hydrogens is 452 g/mol. The average Bonchev–Trinajstić information content (AvgIpc) is 3.22. The predicted octanol–water partition coefficient (Wildman–Crippen LogP) is 5.63. The molecule has 1 atom stereocenters. The summed E-state index contributed by atoms with van der Waals surface area (Å²) in [7, 11) is 3.21. The van der Waals surface area contributed by atoms with Crippen molar-refractivity contribution >= 4 is 40.2 Å². The van der Waals surface area contributed by atoms with Crippen molar-refractivity contribution in [3.8, 4) is 11.5 Å². The first-order chi connectivity index (χ1) is 16.5. The lowest BCUT2D eigenvalue weighted by molar-refractivity contribution is -0.113. The number of methoxy groups -OCH3 is 2. The fourth-order valence-electron chi connectivity index (χ4n) is 4.33. The van der Waals surface area contributed by atoms with Gasteiger partial charge >= 0.3 is 0 Å². The van der Waals surface area contributed by atoms with E-state index in [0.717, 1.165) is 16.6 Å². The minimum Gasteiger partial charge on any atom is -0.497 e. The number of carbonyl (C=O) groups is 1. The lowest BCUT2D eigenvalue weighted by Crippen LogP contribution is -2.31. The summed E-state index contributed by atoms with van der Waals surface area (Å²) < 4.78 is 13.2. The maximum Gasteiger partial charge on any atom is 0.255 e. The maximum atomic E-state index is 13.7. The number of allylic oxidation sites excluding steroid dienone is 1. The molecule has 0 saturated heterocycles. The highest BCUT2D eigenvalue weighted by Gasteiger charge is 2.35. The summed E-state index contributed by atoms with van der Waals surface area (Å²) in [6, 6.07) is 20.0. The van der Waals surface area contributed by atoms with Gasteiger partial charge in [-0.1, -0.05) is 23.7 Å². The molecule has 0 radical (unpaired) electrons. The molecule has 2 N–H and O–H groups in total. The normalized spacial score (nSPS) is 15.0. The van der Waals surface area contributed by atoms with Gasteiger partial charge in [0, 0.05) is 28.0 Å². The van der Waals surface area contributed by atoms with Crippen LogP contribution in [0.5, 0.6) is 11.5 Å². The summed E-state index contributed by atoms with van der Waals surface area (Å²) >= 11 is 6.01. The van der Waals surface area contributed by atoms with E-state index in [1.54, 1.807) is 38.5 Å². The van der Waals surface area contributed by atoms with E-state index in [1.807, 2.05) is 54.0 Å². The number of hydrogen-bond donors (Lipinski definition) is 2. The molecule has 0 fully saturated rings. The van der Waals surface area contributed by atoms with Gasteiger partial charge in [0.25, 0.3) is 5.91 Å². The molecule has 2 heterocycles. The molecule has 8 heteroatoms. The minimum absolute atomic E-state index is 0.237. The Kier molecular flexibility index (Phi) is 5.63. The second-order valence-electron chi connectivity index (χ2n) is 7.93. The van der Waals surface area contributed by atoms with E-state index >= 15 is 0 Å². The van der Waals surface area contributed by atoms with Crippen LogP contribution < -0.4 is 20.1 Å². The Bertz CT molecular complexity index is 1430. The van der Waals surface area contributed by atoms with Crippen molar-refractivity contribution in [2.45, 2.75) is 13.0 Å². The number of benzene rings is 3. The number of rotatable bonds is 5. The highest BCUT2D eigenvalue weighted by atomic mass is 35.5. The third-order valence-corrected chi connectivity index (χ3v) is 6.16. The third-order valence-electron chi connectivity index (χ3n) is 5.91. The van der Waals surface area contributed by atoms with E-state index in [1.165, 1.54) is 0 Å². The van der Waals surface area contributed by atoms with Crippen LogP contribution in [0, 0.1) is 0 Å². The SMILES string of the molecule is COc1ccc([C@H]2C(C(=O)Nc3ccc(Cl)cc3)=C(C)Nc3nc4ccccc4n32)c(OC)c1. The summed E-state index contributed by atoms with van der Waals surface area (Å²) in [5, 5.41) is 6.92. The van der Waals surface area contributed by atoms with Crippen LogP contribution in [0.4, 0.5) is 11.6 Å². The molecule has 0 bridgehead atoms. The number of imidazole rings is 1. The van der Waals surface area contributed by atoms with Crippen molar-refractivity contribution in [2.24, 2.45) is 0 Å². The Balaban J connectivity index is 1.69. The Morgan fingerprint density at radius 2 is 1.82 bits per heavy atom. The van der Waals surface area contributed by atoms with E-state index < -0.39 is 6.04 Å². The lowest BCUT2D eigenvalue weighted by Gasteiger charge is -2.31. The van der Waals surface area contributed by atoms with Crippen LogP contribution in [0.25, 0.3) is 11.0 Å². The monoisotopic (exact) mass is 474 g/mol. The van der Waals surface area contributed by atoms with Crippen LogP contribution in [0.3, 0.4) is 0 Å². The maximum absolute atomic E-state index is 13.7. The number of ether oxygens (including phenoxy) is 2. The first-order valence-electron chi connectivity index (χ1n) is 10.7. The van der Waals surface area contributed by atoms with Crippen molar-refractivity contribution in [3.63, 3.8) is 0 Å². The van der Waals surface area contributed by atoms with Crippen LogP contribution >= 0.6 is 11.6 Å². The van der Waals surface area contributed by atoms with E-state index in [2.05, 4.69) is 10.6 Å². The van der Waals surface area contributed by atoms with Gasteiger partial charge in [-0.2, -0.15) is 0 Å². The Morgan fingerprint density at radius 3 is 2.56 bits per heavy atom. The van der Waals surface area contributed by atoms with Gasteiger partial charge in [-0.25, -0.2) is 4.98 Å². The topological polar surface area (TPSA) is 77.4 Å². The summed E-state index contributed by atoms with van der Waals surface area (Å²) in [5.74, 6) is 1.70. The van der Waals surface area contributed by atoms with Gasteiger partial charge in [0.1, 0.15) is 11.5 Å².